The molecule has 160 valence electrons. The molecule has 7 heteroatoms. The highest BCUT2D eigenvalue weighted by Gasteiger charge is 2.51. The molecule has 1 saturated heterocycles. The molecule has 5 rings (SSSR count). The maximum atomic E-state index is 6.89. The number of fused-ring (bicyclic) bond motifs is 2. The monoisotopic (exact) mass is 491 g/mol. The van der Waals surface area contributed by atoms with Gasteiger partial charge in [-0.25, -0.2) is 4.98 Å². The molecule has 3 heterocycles. The van der Waals surface area contributed by atoms with Crippen molar-refractivity contribution in [2.24, 2.45) is 0 Å². The molecule has 0 bridgehead atoms. The number of aromatic nitrogens is 1. The van der Waals surface area contributed by atoms with Crippen LogP contribution in [0.1, 0.15) is 30.4 Å². The molecule has 30 heavy (non-hydrogen) atoms. The molecule has 1 aliphatic carbocycles. The second-order valence-electron chi connectivity index (χ2n) is 8.65. The van der Waals surface area contributed by atoms with E-state index >= 15 is 0 Å². The van der Waals surface area contributed by atoms with Crippen LogP contribution in [-0.2, 0) is 16.7 Å². The largest absolute Gasteiger partial charge is 0.497 e. The van der Waals surface area contributed by atoms with Gasteiger partial charge in [0.05, 0.1) is 29.8 Å². The van der Waals surface area contributed by atoms with Crippen molar-refractivity contribution in [2.45, 2.75) is 37.3 Å². The predicted molar refractivity (Wildman–Crippen MR) is 123 cm³/mol. The van der Waals surface area contributed by atoms with Crippen LogP contribution in [0.2, 0.25) is 5.02 Å². The Morgan fingerprint density at radius 1 is 1.27 bits per heavy atom. The van der Waals surface area contributed by atoms with Gasteiger partial charge in [-0.3, -0.25) is 4.90 Å². The van der Waals surface area contributed by atoms with E-state index in [1.54, 1.807) is 7.11 Å². The number of benzene rings is 1. The summed E-state index contributed by atoms with van der Waals surface area (Å²) < 4.78 is 11.8. The summed E-state index contributed by atoms with van der Waals surface area (Å²) in [5, 5.41) is 0.833. The standard InChI is InChI=1S/C23H27BrClN3O2/c1-29-18-4-2-16(3-5-18)14-28-15-23(20-21(25)19(24)13-26-22(20)28)7-6-17(12-23)27-8-10-30-11-9-27/h2-5,13,17H,6-12,14-15H2,1H3. The molecule has 0 N–H and O–H groups in total. The van der Waals surface area contributed by atoms with Gasteiger partial charge in [-0.1, -0.05) is 23.7 Å². The lowest BCUT2D eigenvalue weighted by Crippen LogP contribution is -2.43. The molecule has 2 unspecified atom stereocenters. The maximum Gasteiger partial charge on any atom is 0.134 e. The summed E-state index contributed by atoms with van der Waals surface area (Å²) in [6, 6.07) is 8.91. The van der Waals surface area contributed by atoms with E-state index in [9.17, 15) is 0 Å². The SMILES string of the molecule is COc1ccc(CN2CC3(CCC(N4CCOCC4)C3)c3c2ncc(Br)c3Cl)cc1. The first-order valence-corrected chi connectivity index (χ1v) is 11.8. The maximum absolute atomic E-state index is 6.89. The Morgan fingerprint density at radius 3 is 2.77 bits per heavy atom. The fourth-order valence-electron chi connectivity index (χ4n) is 5.49. The number of anilines is 1. The number of nitrogens with zero attached hydrogens (tertiary/aromatic N) is 3. The normalized spacial score (nSPS) is 26.4. The zero-order chi connectivity index (χ0) is 20.7. The topological polar surface area (TPSA) is 37.8 Å². The number of methoxy groups -OCH3 is 1. The van der Waals surface area contributed by atoms with Crippen molar-refractivity contribution >= 4 is 33.3 Å². The second-order valence-corrected chi connectivity index (χ2v) is 9.88. The van der Waals surface area contributed by atoms with Gasteiger partial charge in [0.1, 0.15) is 11.6 Å². The van der Waals surface area contributed by atoms with Crippen LogP contribution in [0.3, 0.4) is 0 Å². The summed E-state index contributed by atoms with van der Waals surface area (Å²) in [4.78, 5) is 9.85. The Kier molecular flexibility index (Phi) is 5.69. The molecule has 2 atom stereocenters. The van der Waals surface area contributed by atoms with Gasteiger partial charge in [-0.15, -0.1) is 0 Å². The summed E-state index contributed by atoms with van der Waals surface area (Å²) in [6.07, 6.45) is 5.34. The first-order chi connectivity index (χ1) is 14.6. The van der Waals surface area contributed by atoms with Crippen molar-refractivity contribution in [1.29, 1.82) is 0 Å². The number of hydrogen-bond acceptors (Lipinski definition) is 5. The van der Waals surface area contributed by atoms with Gasteiger partial charge >= 0.3 is 0 Å². The Balaban J connectivity index is 1.44. The molecule has 1 spiro atoms. The Morgan fingerprint density at radius 2 is 2.03 bits per heavy atom. The lowest BCUT2D eigenvalue weighted by molar-refractivity contribution is 0.0169. The molecule has 1 aromatic carbocycles. The summed E-state index contributed by atoms with van der Waals surface area (Å²) in [5.74, 6) is 1.92. The van der Waals surface area contributed by atoms with Crippen LogP contribution >= 0.6 is 27.5 Å². The van der Waals surface area contributed by atoms with Gasteiger partial charge in [-0.05, 0) is 52.9 Å². The molecule has 5 nitrogen and oxygen atoms in total. The summed E-state index contributed by atoms with van der Waals surface area (Å²) >= 11 is 10.5. The number of pyridine rings is 1. The van der Waals surface area contributed by atoms with Crippen molar-refractivity contribution in [2.75, 3.05) is 44.9 Å². The number of halogens is 2. The molecule has 1 aromatic heterocycles. The molecular weight excluding hydrogens is 466 g/mol. The second kappa shape index (κ2) is 8.30. The van der Waals surface area contributed by atoms with Crippen molar-refractivity contribution in [3.05, 3.63) is 51.1 Å². The van der Waals surface area contributed by atoms with Gasteiger partial charge in [0.2, 0.25) is 0 Å². The van der Waals surface area contributed by atoms with Gasteiger partial charge < -0.3 is 14.4 Å². The van der Waals surface area contributed by atoms with Gasteiger partial charge in [0.25, 0.3) is 0 Å². The van der Waals surface area contributed by atoms with E-state index in [1.165, 1.54) is 17.5 Å². The quantitative estimate of drug-likeness (QED) is 0.621. The van der Waals surface area contributed by atoms with Gasteiger partial charge in [0.15, 0.2) is 0 Å². The molecular formula is C23H27BrClN3O2. The molecule has 2 aliphatic heterocycles. The molecule has 1 saturated carbocycles. The zero-order valence-electron chi connectivity index (χ0n) is 17.2. The third-order valence-electron chi connectivity index (χ3n) is 6.95. The number of rotatable bonds is 4. The van der Waals surface area contributed by atoms with E-state index in [0.717, 1.165) is 73.3 Å². The number of hydrogen-bond donors (Lipinski definition) is 0. The molecule has 2 fully saturated rings. The minimum Gasteiger partial charge on any atom is -0.497 e. The highest BCUT2D eigenvalue weighted by Crippen LogP contribution is 2.54. The average molecular weight is 493 g/mol. The third-order valence-corrected chi connectivity index (χ3v) is 8.18. The summed E-state index contributed by atoms with van der Waals surface area (Å²) in [5.41, 5.74) is 2.56. The fraction of sp³-hybridized carbons (Fsp3) is 0.522. The highest BCUT2D eigenvalue weighted by atomic mass is 79.9. The van der Waals surface area contributed by atoms with Crippen molar-refractivity contribution < 1.29 is 9.47 Å². The zero-order valence-corrected chi connectivity index (χ0v) is 19.6. The van der Waals surface area contributed by atoms with Crippen LogP contribution in [0.5, 0.6) is 5.75 Å². The smallest absolute Gasteiger partial charge is 0.134 e. The minimum absolute atomic E-state index is 0.0681. The third kappa shape index (κ3) is 3.62. The van der Waals surface area contributed by atoms with Crippen LogP contribution in [0.25, 0.3) is 0 Å². The molecule has 0 radical (unpaired) electrons. The van der Waals surface area contributed by atoms with E-state index < -0.39 is 0 Å². The lowest BCUT2D eigenvalue weighted by Gasteiger charge is -2.34. The molecule has 3 aliphatic rings. The van der Waals surface area contributed by atoms with E-state index in [1.807, 2.05) is 18.3 Å². The van der Waals surface area contributed by atoms with E-state index in [4.69, 9.17) is 26.1 Å². The summed E-state index contributed by atoms with van der Waals surface area (Å²) in [7, 11) is 1.70. The van der Waals surface area contributed by atoms with Crippen molar-refractivity contribution in [1.82, 2.24) is 9.88 Å². The van der Waals surface area contributed by atoms with Crippen LogP contribution in [-0.4, -0.2) is 55.9 Å². The number of ether oxygens (including phenoxy) is 2. The first-order valence-electron chi connectivity index (χ1n) is 10.6. The Hall–Kier alpha value is -1.34. The van der Waals surface area contributed by atoms with Crippen LogP contribution in [0.15, 0.2) is 34.9 Å². The Bertz CT molecular complexity index is 919. The van der Waals surface area contributed by atoms with Crippen molar-refractivity contribution in [3.8, 4) is 5.75 Å². The fourth-order valence-corrected chi connectivity index (χ4v) is 6.13. The van der Waals surface area contributed by atoms with Crippen LogP contribution in [0.4, 0.5) is 5.82 Å². The van der Waals surface area contributed by atoms with Crippen LogP contribution < -0.4 is 9.64 Å². The Labute approximate surface area is 191 Å². The molecule has 2 aromatic rings. The van der Waals surface area contributed by atoms with Gasteiger partial charge in [-0.2, -0.15) is 0 Å². The first kappa shape index (κ1) is 20.6. The number of morpholine rings is 1. The molecule has 0 amide bonds. The minimum atomic E-state index is 0.0681. The predicted octanol–water partition coefficient (Wildman–Crippen LogP) is 4.65. The van der Waals surface area contributed by atoms with E-state index in [2.05, 4.69) is 37.9 Å². The van der Waals surface area contributed by atoms with E-state index in [0.29, 0.717) is 6.04 Å². The van der Waals surface area contributed by atoms with E-state index in [-0.39, 0.29) is 5.41 Å². The summed E-state index contributed by atoms with van der Waals surface area (Å²) in [6.45, 7) is 5.56. The highest BCUT2D eigenvalue weighted by molar-refractivity contribution is 9.10. The van der Waals surface area contributed by atoms with Crippen molar-refractivity contribution in [3.63, 3.8) is 0 Å². The van der Waals surface area contributed by atoms with Crippen LogP contribution in [0, 0.1) is 0 Å². The van der Waals surface area contributed by atoms with Gasteiger partial charge in [0, 0.05) is 49.4 Å². The average Bonchev–Trinajstić information content (AvgIpc) is 3.34. The lowest BCUT2D eigenvalue weighted by atomic mass is 9.81.